The second-order valence-electron chi connectivity index (χ2n) is 5.68. The van der Waals surface area contributed by atoms with Gasteiger partial charge in [0.05, 0.1) is 18.1 Å². The van der Waals surface area contributed by atoms with E-state index in [1.54, 1.807) is 0 Å². The highest BCUT2D eigenvalue weighted by Crippen LogP contribution is 2.31. The predicted octanol–water partition coefficient (Wildman–Crippen LogP) is -0.486. The van der Waals surface area contributed by atoms with Gasteiger partial charge < -0.3 is 19.5 Å². The van der Waals surface area contributed by atoms with Gasteiger partial charge in [-0.15, -0.1) is 0 Å². The van der Waals surface area contributed by atoms with Crippen molar-refractivity contribution in [2.45, 2.75) is 24.3 Å². The molecule has 1 aliphatic heterocycles. The Hall–Kier alpha value is -2.86. The lowest BCUT2D eigenvalue weighted by Crippen LogP contribution is -2.44. The Labute approximate surface area is 161 Å². The van der Waals surface area contributed by atoms with E-state index in [1.807, 2.05) is 5.32 Å². The molecule has 154 valence electrons. The Morgan fingerprint density at radius 1 is 1.18 bits per heavy atom. The Kier molecular flexibility index (Phi) is 7.18. The fraction of sp³-hybridized carbons (Fsp3) is 0.438. The molecule has 0 fully saturated rings. The van der Waals surface area contributed by atoms with E-state index in [2.05, 4.69) is 10.0 Å². The molecular formula is C16H21N3O8S. The second kappa shape index (κ2) is 9.37. The van der Waals surface area contributed by atoms with Crippen molar-refractivity contribution >= 4 is 27.9 Å². The summed E-state index contributed by atoms with van der Waals surface area (Å²) in [5, 5.41) is 4.11. The Morgan fingerprint density at radius 2 is 1.86 bits per heavy atom. The van der Waals surface area contributed by atoms with E-state index in [4.69, 9.17) is 14.2 Å². The second-order valence-corrected chi connectivity index (χ2v) is 7.45. The third-order valence-electron chi connectivity index (χ3n) is 3.58. The number of hydrogen-bond acceptors (Lipinski definition) is 8. The number of sulfonamides is 1. The molecule has 1 atom stereocenters. The standard InChI is InChI=1S/C16H21N3O8S/c1-10(15(21)19-16(22)17-2)27-14(20)9-18-28(23,24)11-4-5-12-13(8-11)26-7-3-6-25-12/h4-5,8,10,18H,3,6-7,9H2,1-2H3,(H2,17,19,21,22). The zero-order valence-corrected chi connectivity index (χ0v) is 16.1. The molecule has 0 spiro atoms. The first-order valence-electron chi connectivity index (χ1n) is 8.34. The van der Waals surface area contributed by atoms with Crippen molar-refractivity contribution in [3.63, 3.8) is 0 Å². The summed E-state index contributed by atoms with van der Waals surface area (Å²) in [4.78, 5) is 34.4. The maximum absolute atomic E-state index is 12.4. The summed E-state index contributed by atoms with van der Waals surface area (Å²) >= 11 is 0. The minimum absolute atomic E-state index is 0.116. The first kappa shape index (κ1) is 21.4. The van der Waals surface area contributed by atoms with Crippen LogP contribution in [-0.4, -0.2) is 59.2 Å². The van der Waals surface area contributed by atoms with Gasteiger partial charge in [0, 0.05) is 19.5 Å². The van der Waals surface area contributed by atoms with Crippen LogP contribution in [0.15, 0.2) is 23.1 Å². The molecule has 1 aromatic carbocycles. The van der Waals surface area contributed by atoms with Crippen molar-refractivity contribution in [2.24, 2.45) is 0 Å². The highest BCUT2D eigenvalue weighted by Gasteiger charge is 2.23. The third-order valence-corrected chi connectivity index (χ3v) is 4.98. The molecule has 0 saturated heterocycles. The fourth-order valence-electron chi connectivity index (χ4n) is 2.12. The van der Waals surface area contributed by atoms with Gasteiger partial charge in [0.25, 0.3) is 5.91 Å². The van der Waals surface area contributed by atoms with E-state index < -0.39 is 40.6 Å². The number of hydrogen-bond donors (Lipinski definition) is 3. The molecule has 0 aromatic heterocycles. The zero-order valence-electron chi connectivity index (χ0n) is 15.3. The third kappa shape index (κ3) is 5.82. The van der Waals surface area contributed by atoms with Crippen molar-refractivity contribution < 1.29 is 37.0 Å². The van der Waals surface area contributed by atoms with E-state index in [1.165, 1.54) is 32.2 Å². The lowest BCUT2D eigenvalue weighted by Gasteiger charge is -2.13. The van der Waals surface area contributed by atoms with Crippen LogP contribution in [0.25, 0.3) is 0 Å². The first-order chi connectivity index (χ1) is 13.2. The average molecular weight is 415 g/mol. The molecule has 3 amide bonds. The van der Waals surface area contributed by atoms with E-state index in [0.29, 0.717) is 31.1 Å². The number of rotatable bonds is 6. The number of fused-ring (bicyclic) bond motifs is 1. The minimum Gasteiger partial charge on any atom is -0.490 e. The molecule has 28 heavy (non-hydrogen) atoms. The summed E-state index contributed by atoms with van der Waals surface area (Å²) in [6, 6.07) is 3.33. The number of ether oxygens (including phenoxy) is 3. The van der Waals surface area contributed by atoms with Crippen LogP contribution in [-0.2, 0) is 24.3 Å². The van der Waals surface area contributed by atoms with Crippen LogP contribution in [0, 0.1) is 0 Å². The quantitative estimate of drug-likeness (QED) is 0.527. The molecule has 2 rings (SSSR count). The predicted molar refractivity (Wildman–Crippen MR) is 95.4 cm³/mol. The molecule has 1 aromatic rings. The Morgan fingerprint density at radius 3 is 2.54 bits per heavy atom. The van der Waals surface area contributed by atoms with Crippen LogP contribution >= 0.6 is 0 Å². The van der Waals surface area contributed by atoms with Crippen LogP contribution in [0.3, 0.4) is 0 Å². The summed E-state index contributed by atoms with van der Waals surface area (Å²) in [5.41, 5.74) is 0. The largest absolute Gasteiger partial charge is 0.490 e. The number of nitrogens with one attached hydrogen (secondary N) is 3. The Balaban J connectivity index is 1.94. The summed E-state index contributed by atoms with van der Waals surface area (Å²) < 4.78 is 42.5. The monoisotopic (exact) mass is 415 g/mol. The van der Waals surface area contributed by atoms with Crippen molar-refractivity contribution in [1.29, 1.82) is 0 Å². The van der Waals surface area contributed by atoms with Gasteiger partial charge in [0.2, 0.25) is 10.0 Å². The van der Waals surface area contributed by atoms with Crippen molar-refractivity contribution in [3.8, 4) is 11.5 Å². The van der Waals surface area contributed by atoms with Gasteiger partial charge in [-0.3, -0.25) is 14.9 Å². The lowest BCUT2D eigenvalue weighted by atomic mass is 10.3. The SMILES string of the molecule is CNC(=O)NC(=O)C(C)OC(=O)CNS(=O)(=O)c1ccc2c(c1)OCCCO2. The van der Waals surface area contributed by atoms with Crippen LogP contribution in [0.2, 0.25) is 0 Å². The maximum atomic E-state index is 12.4. The van der Waals surface area contributed by atoms with Gasteiger partial charge in [0.1, 0.15) is 6.54 Å². The van der Waals surface area contributed by atoms with Crippen LogP contribution in [0.4, 0.5) is 4.79 Å². The van der Waals surface area contributed by atoms with Gasteiger partial charge in [0.15, 0.2) is 17.6 Å². The van der Waals surface area contributed by atoms with Crippen LogP contribution < -0.4 is 24.8 Å². The van der Waals surface area contributed by atoms with Crippen molar-refractivity contribution in [2.75, 3.05) is 26.8 Å². The minimum atomic E-state index is -4.03. The topological polar surface area (TPSA) is 149 Å². The molecule has 0 aliphatic carbocycles. The molecule has 12 heteroatoms. The van der Waals surface area contributed by atoms with E-state index >= 15 is 0 Å². The maximum Gasteiger partial charge on any atom is 0.321 e. The molecule has 11 nitrogen and oxygen atoms in total. The summed E-state index contributed by atoms with van der Waals surface area (Å²) in [6.45, 7) is 1.41. The van der Waals surface area contributed by atoms with E-state index in [9.17, 15) is 22.8 Å². The van der Waals surface area contributed by atoms with Gasteiger partial charge in [-0.25, -0.2) is 13.2 Å². The van der Waals surface area contributed by atoms with Gasteiger partial charge in [-0.2, -0.15) is 4.72 Å². The van der Waals surface area contributed by atoms with Crippen molar-refractivity contribution in [1.82, 2.24) is 15.4 Å². The normalized spacial score (nSPS) is 14.4. The van der Waals surface area contributed by atoms with Crippen LogP contribution in [0.5, 0.6) is 11.5 Å². The first-order valence-corrected chi connectivity index (χ1v) is 9.82. The molecule has 1 aliphatic rings. The highest BCUT2D eigenvalue weighted by atomic mass is 32.2. The zero-order chi connectivity index (χ0) is 20.7. The average Bonchev–Trinajstić information content (AvgIpc) is 2.91. The van der Waals surface area contributed by atoms with Gasteiger partial charge in [-0.05, 0) is 19.1 Å². The lowest BCUT2D eigenvalue weighted by molar-refractivity contribution is -0.153. The molecule has 1 unspecified atom stereocenters. The molecule has 0 bridgehead atoms. The Bertz CT molecular complexity index is 855. The fourth-order valence-corrected chi connectivity index (χ4v) is 3.10. The summed E-state index contributed by atoms with van der Waals surface area (Å²) in [6.07, 6.45) is -0.612. The van der Waals surface area contributed by atoms with Crippen LogP contribution in [0.1, 0.15) is 13.3 Å². The molecule has 0 saturated carbocycles. The van der Waals surface area contributed by atoms with E-state index in [0.717, 1.165) is 0 Å². The number of benzene rings is 1. The van der Waals surface area contributed by atoms with Gasteiger partial charge >= 0.3 is 12.0 Å². The smallest absolute Gasteiger partial charge is 0.321 e. The highest BCUT2D eigenvalue weighted by molar-refractivity contribution is 7.89. The summed E-state index contributed by atoms with van der Waals surface area (Å²) in [5.74, 6) is -1.11. The molecule has 0 radical (unpaired) electrons. The number of esters is 1. The number of urea groups is 1. The number of carbonyl (C=O) groups excluding carboxylic acids is 3. The van der Waals surface area contributed by atoms with Crippen molar-refractivity contribution in [3.05, 3.63) is 18.2 Å². The molecular weight excluding hydrogens is 394 g/mol. The van der Waals surface area contributed by atoms with Gasteiger partial charge in [-0.1, -0.05) is 0 Å². The summed E-state index contributed by atoms with van der Waals surface area (Å²) in [7, 11) is -2.72. The van der Waals surface area contributed by atoms with E-state index in [-0.39, 0.29) is 4.90 Å². The molecule has 1 heterocycles. The number of amides is 3. The number of carbonyl (C=O) groups is 3. The number of imide groups is 1. The molecule has 3 N–H and O–H groups in total.